The van der Waals surface area contributed by atoms with Gasteiger partial charge < -0.3 is 15.3 Å². The molecule has 1 atom stereocenters. The number of aliphatic hydroxyl groups is 1. The molecule has 1 fully saturated rings. The Labute approximate surface area is 126 Å². The van der Waals surface area contributed by atoms with Crippen LogP contribution in [0.5, 0.6) is 0 Å². The molecule has 1 saturated heterocycles. The highest BCUT2D eigenvalue weighted by atomic mass is 16.3. The lowest BCUT2D eigenvalue weighted by molar-refractivity contribution is 0.0520. The van der Waals surface area contributed by atoms with Crippen LogP contribution in [0.3, 0.4) is 0 Å². The number of benzene rings is 1. The second-order valence-electron chi connectivity index (χ2n) is 6.23. The first kappa shape index (κ1) is 14.4. The van der Waals surface area contributed by atoms with E-state index in [1.807, 2.05) is 24.0 Å². The Hall–Kier alpha value is -1.55. The van der Waals surface area contributed by atoms with Gasteiger partial charge in [0.2, 0.25) is 0 Å². The van der Waals surface area contributed by atoms with Crippen LogP contribution in [-0.4, -0.2) is 41.7 Å². The zero-order valence-electron chi connectivity index (χ0n) is 12.6. The second kappa shape index (κ2) is 6.06. The number of piperidine rings is 1. The van der Waals surface area contributed by atoms with E-state index < -0.39 is 0 Å². The van der Waals surface area contributed by atoms with Crippen LogP contribution < -0.4 is 5.32 Å². The van der Waals surface area contributed by atoms with E-state index in [1.54, 1.807) is 0 Å². The molecular weight excluding hydrogens is 264 g/mol. The molecule has 3 rings (SSSR count). The standard InChI is InChI=1S/C17H24N2O2/c1-12(20)13-7-10-19(11-8-13)17(21)15-4-2-6-16-14(15)5-3-9-18-16/h2,4,6,12-13,18,20H,3,5,7-11H2,1H3. The van der Waals surface area contributed by atoms with Gasteiger partial charge in [0.05, 0.1) is 6.10 Å². The lowest BCUT2D eigenvalue weighted by atomic mass is 9.91. The Bertz CT molecular complexity index is 520. The maximum atomic E-state index is 12.8. The highest BCUT2D eigenvalue weighted by Gasteiger charge is 2.27. The van der Waals surface area contributed by atoms with Crippen LogP contribution in [0.15, 0.2) is 18.2 Å². The number of anilines is 1. The number of carbonyl (C=O) groups excluding carboxylic acids is 1. The zero-order valence-corrected chi connectivity index (χ0v) is 12.6. The minimum atomic E-state index is -0.268. The summed E-state index contributed by atoms with van der Waals surface area (Å²) < 4.78 is 0. The lowest BCUT2D eigenvalue weighted by Crippen LogP contribution is -2.41. The van der Waals surface area contributed by atoms with Gasteiger partial charge in [0, 0.05) is 30.9 Å². The number of nitrogens with one attached hydrogen (secondary N) is 1. The van der Waals surface area contributed by atoms with E-state index in [2.05, 4.69) is 11.4 Å². The van der Waals surface area contributed by atoms with Gasteiger partial charge in [-0.25, -0.2) is 0 Å². The third-order valence-electron chi connectivity index (χ3n) is 4.83. The van der Waals surface area contributed by atoms with Crippen molar-refractivity contribution in [3.8, 4) is 0 Å². The van der Waals surface area contributed by atoms with E-state index in [9.17, 15) is 9.90 Å². The minimum absolute atomic E-state index is 0.152. The van der Waals surface area contributed by atoms with Crippen molar-refractivity contribution in [3.63, 3.8) is 0 Å². The largest absolute Gasteiger partial charge is 0.393 e. The number of hydrogen-bond acceptors (Lipinski definition) is 3. The lowest BCUT2D eigenvalue weighted by Gasteiger charge is -2.34. The number of carbonyl (C=O) groups is 1. The van der Waals surface area contributed by atoms with Crippen LogP contribution in [0.1, 0.15) is 42.1 Å². The number of fused-ring (bicyclic) bond motifs is 1. The third kappa shape index (κ3) is 2.91. The highest BCUT2D eigenvalue weighted by Crippen LogP contribution is 2.28. The molecular formula is C17H24N2O2. The van der Waals surface area contributed by atoms with Crippen LogP contribution in [-0.2, 0) is 6.42 Å². The molecule has 1 amide bonds. The fraction of sp³-hybridized carbons (Fsp3) is 0.588. The molecule has 114 valence electrons. The predicted molar refractivity (Wildman–Crippen MR) is 83.6 cm³/mol. The number of aliphatic hydroxyl groups excluding tert-OH is 1. The van der Waals surface area contributed by atoms with Gasteiger partial charge in [-0.05, 0) is 56.2 Å². The van der Waals surface area contributed by atoms with E-state index >= 15 is 0 Å². The van der Waals surface area contributed by atoms with Gasteiger partial charge in [-0.2, -0.15) is 0 Å². The van der Waals surface area contributed by atoms with Gasteiger partial charge in [-0.1, -0.05) is 6.07 Å². The molecule has 0 saturated carbocycles. The van der Waals surface area contributed by atoms with Gasteiger partial charge in [-0.15, -0.1) is 0 Å². The Morgan fingerprint density at radius 1 is 1.38 bits per heavy atom. The van der Waals surface area contributed by atoms with Crippen LogP contribution in [0, 0.1) is 5.92 Å². The summed E-state index contributed by atoms with van der Waals surface area (Å²) in [5, 5.41) is 13.0. The molecule has 2 aliphatic rings. The highest BCUT2D eigenvalue weighted by molar-refractivity contribution is 5.97. The molecule has 1 aromatic rings. The van der Waals surface area contributed by atoms with Crippen molar-refractivity contribution < 1.29 is 9.90 Å². The summed E-state index contributed by atoms with van der Waals surface area (Å²) in [5.74, 6) is 0.486. The zero-order chi connectivity index (χ0) is 14.8. The number of rotatable bonds is 2. The molecule has 0 aliphatic carbocycles. The van der Waals surface area contributed by atoms with E-state index in [0.717, 1.165) is 56.6 Å². The van der Waals surface area contributed by atoms with Crippen LogP contribution in [0.4, 0.5) is 5.69 Å². The first-order valence-corrected chi connectivity index (χ1v) is 8.00. The summed E-state index contributed by atoms with van der Waals surface area (Å²) >= 11 is 0. The molecule has 2 heterocycles. The predicted octanol–water partition coefficient (Wildman–Crippen LogP) is 2.28. The Morgan fingerprint density at radius 2 is 2.14 bits per heavy atom. The maximum absolute atomic E-state index is 12.8. The molecule has 1 unspecified atom stereocenters. The van der Waals surface area contributed by atoms with E-state index in [-0.39, 0.29) is 12.0 Å². The van der Waals surface area contributed by atoms with Gasteiger partial charge in [0.15, 0.2) is 0 Å². The second-order valence-corrected chi connectivity index (χ2v) is 6.23. The number of hydrogen-bond donors (Lipinski definition) is 2. The maximum Gasteiger partial charge on any atom is 0.254 e. The molecule has 4 heteroatoms. The van der Waals surface area contributed by atoms with Crippen LogP contribution in [0.25, 0.3) is 0 Å². The summed E-state index contributed by atoms with van der Waals surface area (Å²) in [6.45, 7) is 4.35. The Balaban J connectivity index is 1.75. The van der Waals surface area contributed by atoms with Crippen molar-refractivity contribution in [1.29, 1.82) is 0 Å². The molecule has 0 radical (unpaired) electrons. The summed E-state index contributed by atoms with van der Waals surface area (Å²) in [4.78, 5) is 14.7. The molecule has 2 N–H and O–H groups in total. The SMILES string of the molecule is CC(O)C1CCN(C(=O)c2cccc3c2CCCN3)CC1. The number of nitrogens with zero attached hydrogens (tertiary/aromatic N) is 1. The van der Waals surface area contributed by atoms with Crippen molar-refractivity contribution in [2.75, 3.05) is 25.0 Å². The Kier molecular flexibility index (Phi) is 4.15. The van der Waals surface area contributed by atoms with E-state index in [0.29, 0.717) is 5.92 Å². The van der Waals surface area contributed by atoms with Crippen molar-refractivity contribution in [1.82, 2.24) is 4.90 Å². The van der Waals surface area contributed by atoms with Crippen molar-refractivity contribution in [2.24, 2.45) is 5.92 Å². The average molecular weight is 288 g/mol. The fourth-order valence-electron chi connectivity index (χ4n) is 3.47. The third-order valence-corrected chi connectivity index (χ3v) is 4.83. The molecule has 1 aromatic carbocycles. The first-order chi connectivity index (χ1) is 10.2. The van der Waals surface area contributed by atoms with Gasteiger partial charge in [-0.3, -0.25) is 4.79 Å². The average Bonchev–Trinajstić information content (AvgIpc) is 2.53. The normalized spacial score (nSPS) is 20.6. The quantitative estimate of drug-likeness (QED) is 0.878. The molecule has 0 aromatic heterocycles. The number of amides is 1. The molecule has 0 spiro atoms. The summed E-state index contributed by atoms with van der Waals surface area (Å²) in [6, 6.07) is 5.98. The Morgan fingerprint density at radius 3 is 2.86 bits per heavy atom. The summed E-state index contributed by atoms with van der Waals surface area (Å²) in [5.41, 5.74) is 3.15. The van der Waals surface area contributed by atoms with Gasteiger partial charge in [0.25, 0.3) is 5.91 Å². The van der Waals surface area contributed by atoms with Crippen LogP contribution >= 0.6 is 0 Å². The van der Waals surface area contributed by atoms with Gasteiger partial charge in [0.1, 0.15) is 0 Å². The van der Waals surface area contributed by atoms with Crippen molar-refractivity contribution in [2.45, 2.75) is 38.7 Å². The van der Waals surface area contributed by atoms with Gasteiger partial charge >= 0.3 is 0 Å². The molecule has 4 nitrogen and oxygen atoms in total. The van der Waals surface area contributed by atoms with Crippen molar-refractivity contribution >= 4 is 11.6 Å². The molecule has 2 aliphatic heterocycles. The summed E-state index contributed by atoms with van der Waals surface area (Å²) in [7, 11) is 0. The monoisotopic (exact) mass is 288 g/mol. The van der Waals surface area contributed by atoms with E-state index in [4.69, 9.17) is 0 Å². The fourth-order valence-corrected chi connectivity index (χ4v) is 3.47. The van der Waals surface area contributed by atoms with E-state index in [1.165, 1.54) is 5.56 Å². The minimum Gasteiger partial charge on any atom is -0.393 e. The summed E-state index contributed by atoms with van der Waals surface area (Å²) in [6.07, 6.45) is 3.60. The topological polar surface area (TPSA) is 52.6 Å². The molecule has 21 heavy (non-hydrogen) atoms. The van der Waals surface area contributed by atoms with Crippen LogP contribution in [0.2, 0.25) is 0 Å². The first-order valence-electron chi connectivity index (χ1n) is 8.00. The molecule has 0 bridgehead atoms. The smallest absolute Gasteiger partial charge is 0.254 e. The number of likely N-dealkylation sites (tertiary alicyclic amines) is 1. The van der Waals surface area contributed by atoms with Crippen molar-refractivity contribution in [3.05, 3.63) is 29.3 Å².